The Bertz CT molecular complexity index is 1330. The van der Waals surface area contributed by atoms with Gasteiger partial charge in [-0.05, 0) is 36.8 Å². The number of amides is 1. The Balaban J connectivity index is 1.32. The fourth-order valence-corrected chi connectivity index (χ4v) is 4.15. The highest BCUT2D eigenvalue weighted by Gasteiger charge is 2.34. The van der Waals surface area contributed by atoms with Crippen molar-refractivity contribution in [2.24, 2.45) is 0 Å². The number of pyridine rings is 1. The lowest BCUT2D eigenvalue weighted by Crippen LogP contribution is -2.41. The van der Waals surface area contributed by atoms with E-state index in [9.17, 15) is 18.0 Å². The van der Waals surface area contributed by atoms with Gasteiger partial charge in [-0.15, -0.1) is 0 Å². The molecular weight excluding hydrogens is 449 g/mol. The standard InChI is InChI=1S/C23H21F3N6O2/c1-31(22(33)14-5-4-6-15(11-14)23(24,25)26)16-8-10-34-18(12-16)21-28-20(29-30-21)17-13-27-19-7-2-3-9-32(17)19/h2-7,9,11,13,16,18H,8,10,12H2,1H3,(H,28,29,30)/t16-,18+/m1/s1. The second-order valence-corrected chi connectivity index (χ2v) is 8.15. The van der Waals surface area contributed by atoms with Crippen LogP contribution in [0.15, 0.2) is 54.9 Å². The molecular formula is C23H21F3N6O2. The van der Waals surface area contributed by atoms with E-state index in [4.69, 9.17) is 4.74 Å². The molecule has 0 bridgehead atoms. The highest BCUT2D eigenvalue weighted by Crippen LogP contribution is 2.32. The van der Waals surface area contributed by atoms with Crippen molar-refractivity contribution in [3.8, 4) is 11.5 Å². The Morgan fingerprint density at radius 1 is 1.24 bits per heavy atom. The van der Waals surface area contributed by atoms with Gasteiger partial charge in [0.15, 0.2) is 11.6 Å². The molecule has 0 saturated carbocycles. The highest BCUT2D eigenvalue weighted by molar-refractivity contribution is 5.94. The van der Waals surface area contributed by atoms with E-state index in [0.717, 1.165) is 23.5 Å². The van der Waals surface area contributed by atoms with Crippen molar-refractivity contribution in [2.45, 2.75) is 31.2 Å². The molecule has 1 fully saturated rings. The highest BCUT2D eigenvalue weighted by atomic mass is 19.4. The predicted molar refractivity (Wildman–Crippen MR) is 116 cm³/mol. The maximum Gasteiger partial charge on any atom is 0.416 e. The van der Waals surface area contributed by atoms with Crippen LogP contribution in [0.4, 0.5) is 13.2 Å². The molecule has 3 aromatic heterocycles. The van der Waals surface area contributed by atoms with Crippen molar-refractivity contribution < 1.29 is 22.7 Å². The first kappa shape index (κ1) is 22.1. The van der Waals surface area contributed by atoms with Gasteiger partial charge in [-0.3, -0.25) is 14.3 Å². The van der Waals surface area contributed by atoms with Gasteiger partial charge in [0, 0.05) is 37.9 Å². The van der Waals surface area contributed by atoms with Crippen LogP contribution in [-0.2, 0) is 10.9 Å². The molecule has 1 saturated heterocycles. The second-order valence-electron chi connectivity index (χ2n) is 8.15. The van der Waals surface area contributed by atoms with Gasteiger partial charge in [0.25, 0.3) is 5.91 Å². The number of halogens is 3. The van der Waals surface area contributed by atoms with Crippen LogP contribution in [0.2, 0.25) is 0 Å². The van der Waals surface area contributed by atoms with Gasteiger partial charge in [-0.2, -0.15) is 18.3 Å². The maximum atomic E-state index is 13.1. The average molecular weight is 470 g/mol. The zero-order valence-electron chi connectivity index (χ0n) is 18.2. The normalized spacial score (nSPS) is 18.8. The number of carbonyl (C=O) groups excluding carboxylic acids is 1. The fraction of sp³-hybridized carbons (Fsp3) is 0.304. The lowest BCUT2D eigenvalue weighted by atomic mass is 10.00. The number of nitrogens with one attached hydrogen (secondary N) is 1. The summed E-state index contributed by atoms with van der Waals surface area (Å²) in [5, 5.41) is 7.22. The summed E-state index contributed by atoms with van der Waals surface area (Å²) in [4.78, 5) is 23.3. The third kappa shape index (κ3) is 4.14. The Hall–Kier alpha value is -3.73. The molecule has 5 rings (SSSR count). The molecule has 1 N–H and O–H groups in total. The molecule has 1 aliphatic heterocycles. The number of hydrogen-bond acceptors (Lipinski definition) is 5. The number of rotatable bonds is 4. The van der Waals surface area contributed by atoms with E-state index < -0.39 is 23.8 Å². The van der Waals surface area contributed by atoms with Crippen LogP contribution >= 0.6 is 0 Å². The molecule has 1 amide bonds. The van der Waals surface area contributed by atoms with Gasteiger partial charge in [0.05, 0.1) is 11.8 Å². The molecule has 8 nitrogen and oxygen atoms in total. The van der Waals surface area contributed by atoms with E-state index in [-0.39, 0.29) is 11.6 Å². The summed E-state index contributed by atoms with van der Waals surface area (Å²) >= 11 is 0. The van der Waals surface area contributed by atoms with Crippen molar-refractivity contribution in [3.63, 3.8) is 0 Å². The van der Waals surface area contributed by atoms with Crippen LogP contribution in [0.3, 0.4) is 0 Å². The Labute approximate surface area is 192 Å². The number of hydrogen-bond donors (Lipinski definition) is 1. The fourth-order valence-electron chi connectivity index (χ4n) is 4.15. The largest absolute Gasteiger partial charge is 0.416 e. The minimum atomic E-state index is -4.51. The number of carbonyl (C=O) groups is 1. The molecule has 0 radical (unpaired) electrons. The van der Waals surface area contributed by atoms with E-state index in [1.165, 1.54) is 17.0 Å². The van der Waals surface area contributed by atoms with Crippen LogP contribution in [0.1, 0.15) is 40.7 Å². The monoisotopic (exact) mass is 470 g/mol. The minimum absolute atomic E-state index is 0.00470. The third-order valence-corrected chi connectivity index (χ3v) is 6.01. The summed E-state index contributed by atoms with van der Waals surface area (Å²) in [6.45, 7) is 0.376. The zero-order chi connectivity index (χ0) is 23.9. The van der Waals surface area contributed by atoms with Crippen LogP contribution in [0, 0.1) is 0 Å². The summed E-state index contributed by atoms with van der Waals surface area (Å²) in [6, 6.07) is 9.89. The Morgan fingerprint density at radius 2 is 2.09 bits per heavy atom. The van der Waals surface area contributed by atoms with Gasteiger partial charge >= 0.3 is 6.18 Å². The zero-order valence-corrected chi connectivity index (χ0v) is 18.2. The molecule has 1 aliphatic rings. The number of nitrogens with zero attached hydrogens (tertiary/aromatic N) is 5. The topological polar surface area (TPSA) is 88.4 Å². The first-order valence-electron chi connectivity index (χ1n) is 10.7. The summed E-state index contributed by atoms with van der Waals surface area (Å²) in [6.07, 6.45) is -0.391. The molecule has 0 spiro atoms. The van der Waals surface area contributed by atoms with E-state index in [1.807, 2.05) is 28.8 Å². The van der Waals surface area contributed by atoms with E-state index in [1.54, 1.807) is 13.2 Å². The molecule has 4 aromatic rings. The number of ether oxygens (including phenoxy) is 1. The van der Waals surface area contributed by atoms with Crippen molar-refractivity contribution >= 4 is 11.6 Å². The molecule has 2 atom stereocenters. The summed E-state index contributed by atoms with van der Waals surface area (Å²) in [5.41, 5.74) is 0.642. The van der Waals surface area contributed by atoms with Gasteiger partial charge < -0.3 is 9.64 Å². The lowest BCUT2D eigenvalue weighted by molar-refractivity contribution is -0.137. The average Bonchev–Trinajstić information content (AvgIpc) is 3.50. The van der Waals surface area contributed by atoms with Crippen molar-refractivity contribution in [1.82, 2.24) is 29.5 Å². The SMILES string of the molecule is CN(C(=O)c1cccc(C(F)(F)F)c1)[C@@H]1CCO[C@H](c2nc(-c3cnc4ccccn34)n[nH]2)C1. The smallest absolute Gasteiger partial charge is 0.370 e. The van der Waals surface area contributed by atoms with Crippen molar-refractivity contribution in [3.05, 3.63) is 71.8 Å². The number of imidazole rings is 1. The summed E-state index contributed by atoms with van der Waals surface area (Å²) in [7, 11) is 1.60. The lowest BCUT2D eigenvalue weighted by Gasteiger charge is -2.34. The molecule has 34 heavy (non-hydrogen) atoms. The molecule has 0 aliphatic carbocycles. The van der Waals surface area contributed by atoms with Crippen LogP contribution < -0.4 is 0 Å². The van der Waals surface area contributed by atoms with E-state index in [2.05, 4.69) is 20.2 Å². The van der Waals surface area contributed by atoms with Gasteiger partial charge in [0.1, 0.15) is 17.4 Å². The molecule has 4 heterocycles. The second kappa shape index (κ2) is 8.56. The van der Waals surface area contributed by atoms with E-state index >= 15 is 0 Å². The van der Waals surface area contributed by atoms with Gasteiger partial charge in [0.2, 0.25) is 0 Å². The van der Waals surface area contributed by atoms with Gasteiger partial charge in [-0.1, -0.05) is 12.1 Å². The summed E-state index contributed by atoms with van der Waals surface area (Å²) in [5.74, 6) is 0.513. The number of aromatic nitrogens is 5. The predicted octanol–water partition coefficient (Wildman–Crippen LogP) is 4.13. The quantitative estimate of drug-likeness (QED) is 0.485. The molecule has 0 unspecified atom stereocenters. The van der Waals surface area contributed by atoms with Crippen molar-refractivity contribution in [1.29, 1.82) is 0 Å². The number of benzene rings is 1. The first-order valence-corrected chi connectivity index (χ1v) is 10.7. The van der Waals surface area contributed by atoms with Crippen LogP contribution in [0.25, 0.3) is 17.2 Å². The van der Waals surface area contributed by atoms with Crippen LogP contribution in [-0.4, -0.2) is 55.1 Å². The minimum Gasteiger partial charge on any atom is -0.370 e. The Morgan fingerprint density at radius 3 is 2.91 bits per heavy atom. The number of alkyl halides is 3. The van der Waals surface area contributed by atoms with E-state index in [0.29, 0.717) is 31.1 Å². The maximum absolute atomic E-state index is 13.1. The van der Waals surface area contributed by atoms with Gasteiger partial charge in [-0.25, -0.2) is 9.97 Å². The summed E-state index contributed by atoms with van der Waals surface area (Å²) < 4.78 is 46.9. The molecule has 1 aromatic carbocycles. The Kier molecular flexibility index (Phi) is 5.56. The van der Waals surface area contributed by atoms with Crippen molar-refractivity contribution in [2.75, 3.05) is 13.7 Å². The van der Waals surface area contributed by atoms with Crippen LogP contribution in [0.5, 0.6) is 0 Å². The molecule has 176 valence electrons. The third-order valence-electron chi connectivity index (χ3n) is 6.01. The number of H-pyrrole nitrogens is 1. The first-order chi connectivity index (χ1) is 16.3. The molecule has 11 heteroatoms. The number of aromatic amines is 1. The number of fused-ring (bicyclic) bond motifs is 1.